The van der Waals surface area contributed by atoms with E-state index in [-0.39, 0.29) is 30.0 Å². The van der Waals surface area contributed by atoms with Gasteiger partial charge in [-0.25, -0.2) is 9.48 Å². The van der Waals surface area contributed by atoms with Crippen molar-refractivity contribution in [3.63, 3.8) is 0 Å². The van der Waals surface area contributed by atoms with Gasteiger partial charge in [-0.2, -0.15) is 0 Å². The lowest BCUT2D eigenvalue weighted by Crippen LogP contribution is -2.51. The fraction of sp³-hybridized carbons (Fsp3) is 0.636. The van der Waals surface area contributed by atoms with Crippen LogP contribution < -0.4 is 0 Å². The average molecular weight is 270 g/mol. The van der Waals surface area contributed by atoms with E-state index in [1.165, 1.54) is 10.9 Å². The third kappa shape index (κ3) is 2.88. The van der Waals surface area contributed by atoms with Gasteiger partial charge in [0.2, 0.25) is 5.91 Å². The van der Waals surface area contributed by atoms with Crippen molar-refractivity contribution in [2.24, 2.45) is 5.92 Å². The summed E-state index contributed by atoms with van der Waals surface area (Å²) < 4.78 is 13.8. The number of alkyl halides is 1. The summed E-state index contributed by atoms with van der Waals surface area (Å²) in [6.45, 7) is 2.10. The van der Waals surface area contributed by atoms with Crippen molar-refractivity contribution in [2.45, 2.75) is 19.4 Å². The average Bonchev–Trinajstić information content (AvgIpc) is 2.76. The van der Waals surface area contributed by atoms with Crippen LogP contribution in [0.2, 0.25) is 0 Å². The van der Waals surface area contributed by atoms with E-state index in [0.29, 0.717) is 13.1 Å². The van der Waals surface area contributed by atoms with Crippen molar-refractivity contribution in [1.82, 2.24) is 19.9 Å². The highest BCUT2D eigenvalue weighted by molar-refractivity contribution is 5.84. The molecule has 1 amide bonds. The smallest absolute Gasteiger partial charge is 0.358 e. The van der Waals surface area contributed by atoms with Crippen LogP contribution in [0, 0.1) is 5.92 Å². The topological polar surface area (TPSA) is 88.3 Å². The number of carboxylic acids is 1. The van der Waals surface area contributed by atoms with Gasteiger partial charge >= 0.3 is 5.97 Å². The summed E-state index contributed by atoms with van der Waals surface area (Å²) in [6.07, 6.45) is 1.54. The Morgan fingerprint density at radius 3 is 2.79 bits per heavy atom. The molecule has 8 heteroatoms. The van der Waals surface area contributed by atoms with Crippen LogP contribution >= 0.6 is 0 Å². The van der Waals surface area contributed by atoms with Crippen LogP contribution in [-0.4, -0.2) is 56.6 Å². The van der Waals surface area contributed by atoms with Crippen molar-refractivity contribution in [1.29, 1.82) is 0 Å². The number of halogens is 1. The fourth-order valence-corrected chi connectivity index (χ4v) is 1.86. The third-order valence-electron chi connectivity index (χ3n) is 3.10. The summed E-state index contributed by atoms with van der Waals surface area (Å²) in [5.74, 6) is -1.48. The molecule has 1 saturated heterocycles. The Labute approximate surface area is 109 Å². The number of carbonyl (C=O) groups excluding carboxylic acids is 1. The minimum absolute atomic E-state index is 0.0507. The predicted molar refractivity (Wildman–Crippen MR) is 62.4 cm³/mol. The lowest BCUT2D eigenvalue weighted by molar-refractivity contribution is -0.138. The van der Waals surface area contributed by atoms with E-state index in [4.69, 9.17) is 5.11 Å². The molecule has 0 spiro atoms. The summed E-state index contributed by atoms with van der Waals surface area (Å²) in [4.78, 5) is 24.0. The standard InChI is InChI=1S/C11H15FN4O3/c1-7(3-12)2-10(17)15-4-8(5-15)16-6-9(11(18)19)13-14-16/h6-8H,2-5H2,1H3,(H,18,19). The number of aromatic nitrogens is 3. The van der Waals surface area contributed by atoms with E-state index in [2.05, 4.69) is 10.3 Å². The van der Waals surface area contributed by atoms with Gasteiger partial charge in [-0.3, -0.25) is 9.18 Å². The first-order valence-corrected chi connectivity index (χ1v) is 6.00. The Balaban J connectivity index is 1.85. The van der Waals surface area contributed by atoms with Crippen LogP contribution in [0.15, 0.2) is 6.20 Å². The number of rotatable bonds is 5. The molecule has 2 rings (SSSR count). The first-order chi connectivity index (χ1) is 9.01. The predicted octanol–water partition coefficient (Wildman–Crippen LogP) is 0.355. The number of likely N-dealkylation sites (tertiary alicyclic amines) is 1. The molecule has 1 aliphatic heterocycles. The minimum Gasteiger partial charge on any atom is -0.476 e. The van der Waals surface area contributed by atoms with Gasteiger partial charge in [-0.1, -0.05) is 12.1 Å². The molecule has 0 aliphatic carbocycles. The maximum absolute atomic E-state index is 12.3. The number of carbonyl (C=O) groups is 2. The highest BCUT2D eigenvalue weighted by Crippen LogP contribution is 2.22. The molecular weight excluding hydrogens is 255 g/mol. The Morgan fingerprint density at radius 2 is 2.26 bits per heavy atom. The maximum Gasteiger partial charge on any atom is 0.358 e. The van der Waals surface area contributed by atoms with Crippen LogP contribution in [0.4, 0.5) is 4.39 Å². The van der Waals surface area contributed by atoms with Crippen LogP contribution in [-0.2, 0) is 4.79 Å². The highest BCUT2D eigenvalue weighted by Gasteiger charge is 2.33. The molecule has 104 valence electrons. The minimum atomic E-state index is -1.13. The molecule has 1 fully saturated rings. The number of amides is 1. The lowest BCUT2D eigenvalue weighted by atomic mass is 10.0. The molecule has 1 aromatic heterocycles. The molecule has 1 atom stereocenters. The molecule has 1 N–H and O–H groups in total. The molecule has 19 heavy (non-hydrogen) atoms. The largest absolute Gasteiger partial charge is 0.476 e. The Bertz CT molecular complexity index is 484. The molecule has 1 unspecified atom stereocenters. The van der Waals surface area contributed by atoms with Gasteiger partial charge in [-0.05, 0) is 5.92 Å². The fourth-order valence-electron chi connectivity index (χ4n) is 1.86. The van der Waals surface area contributed by atoms with Crippen molar-refractivity contribution in [2.75, 3.05) is 19.8 Å². The zero-order valence-electron chi connectivity index (χ0n) is 10.5. The Morgan fingerprint density at radius 1 is 1.58 bits per heavy atom. The second-order valence-electron chi connectivity index (χ2n) is 4.81. The van der Waals surface area contributed by atoms with Gasteiger partial charge < -0.3 is 10.0 Å². The Kier molecular flexibility index (Phi) is 3.77. The normalized spacial score (nSPS) is 17.1. The van der Waals surface area contributed by atoms with Crippen LogP contribution in [0.3, 0.4) is 0 Å². The van der Waals surface area contributed by atoms with Gasteiger partial charge in [-0.15, -0.1) is 5.10 Å². The monoisotopic (exact) mass is 270 g/mol. The third-order valence-corrected chi connectivity index (χ3v) is 3.10. The molecule has 0 saturated carbocycles. The maximum atomic E-state index is 12.3. The summed E-state index contributed by atoms with van der Waals surface area (Å²) in [7, 11) is 0. The van der Waals surface area contributed by atoms with Crippen LogP contribution in [0.5, 0.6) is 0 Å². The number of carboxylic acid groups (broad SMARTS) is 1. The van der Waals surface area contributed by atoms with Gasteiger partial charge in [0.05, 0.1) is 18.9 Å². The molecule has 7 nitrogen and oxygen atoms in total. The van der Waals surface area contributed by atoms with Gasteiger partial charge in [0.15, 0.2) is 5.69 Å². The molecule has 0 bridgehead atoms. The van der Waals surface area contributed by atoms with E-state index in [1.807, 2.05) is 0 Å². The van der Waals surface area contributed by atoms with Crippen LogP contribution in [0.25, 0.3) is 0 Å². The molecule has 0 aromatic carbocycles. The van der Waals surface area contributed by atoms with Crippen molar-refractivity contribution in [3.05, 3.63) is 11.9 Å². The summed E-state index contributed by atoms with van der Waals surface area (Å²) in [5.41, 5.74) is -0.115. The second-order valence-corrected chi connectivity index (χ2v) is 4.81. The Hall–Kier alpha value is -1.99. The van der Waals surface area contributed by atoms with Gasteiger partial charge in [0, 0.05) is 19.5 Å². The van der Waals surface area contributed by atoms with Crippen molar-refractivity contribution < 1.29 is 19.1 Å². The summed E-state index contributed by atoms with van der Waals surface area (Å²) in [6, 6.07) is -0.0507. The van der Waals surface area contributed by atoms with E-state index < -0.39 is 12.6 Å². The summed E-state index contributed by atoms with van der Waals surface area (Å²) in [5, 5.41) is 16.0. The summed E-state index contributed by atoms with van der Waals surface area (Å²) >= 11 is 0. The zero-order valence-corrected chi connectivity index (χ0v) is 10.5. The molecule has 0 radical (unpaired) electrons. The number of hydrogen-bond acceptors (Lipinski definition) is 4. The van der Waals surface area contributed by atoms with E-state index in [0.717, 1.165) is 0 Å². The van der Waals surface area contributed by atoms with E-state index in [9.17, 15) is 14.0 Å². The van der Waals surface area contributed by atoms with E-state index in [1.54, 1.807) is 11.8 Å². The first kappa shape index (κ1) is 13.4. The highest BCUT2D eigenvalue weighted by atomic mass is 19.1. The number of aromatic carboxylic acids is 1. The number of hydrogen-bond donors (Lipinski definition) is 1. The quantitative estimate of drug-likeness (QED) is 0.834. The van der Waals surface area contributed by atoms with Crippen molar-refractivity contribution >= 4 is 11.9 Å². The van der Waals surface area contributed by atoms with Crippen molar-refractivity contribution in [3.8, 4) is 0 Å². The zero-order chi connectivity index (χ0) is 14.0. The molecular formula is C11H15FN4O3. The van der Waals surface area contributed by atoms with E-state index >= 15 is 0 Å². The number of nitrogens with zero attached hydrogens (tertiary/aromatic N) is 4. The van der Waals surface area contributed by atoms with Crippen LogP contribution in [0.1, 0.15) is 29.9 Å². The molecule has 1 aliphatic rings. The molecule has 1 aromatic rings. The SMILES string of the molecule is CC(CF)CC(=O)N1CC(n2cc(C(=O)O)nn2)C1. The van der Waals surface area contributed by atoms with Gasteiger partial charge in [0.25, 0.3) is 0 Å². The first-order valence-electron chi connectivity index (χ1n) is 6.00. The second kappa shape index (κ2) is 5.33. The van der Waals surface area contributed by atoms with Gasteiger partial charge in [0.1, 0.15) is 0 Å². The molecule has 2 heterocycles. The lowest BCUT2D eigenvalue weighted by Gasteiger charge is -2.39.